The maximum Gasteiger partial charge on any atom is 0.266 e. The van der Waals surface area contributed by atoms with Gasteiger partial charge in [0.05, 0.1) is 16.8 Å². The van der Waals surface area contributed by atoms with Crippen LogP contribution < -0.4 is 10.2 Å². The summed E-state index contributed by atoms with van der Waals surface area (Å²) in [6.45, 7) is 3.75. The Morgan fingerprint density at radius 1 is 0.879 bits per heavy atom. The second kappa shape index (κ2) is 8.07. The van der Waals surface area contributed by atoms with E-state index in [2.05, 4.69) is 15.5 Å². The zero-order valence-electron chi connectivity index (χ0n) is 17.8. The van der Waals surface area contributed by atoms with E-state index in [0.717, 1.165) is 16.7 Å². The van der Waals surface area contributed by atoms with Gasteiger partial charge in [0, 0.05) is 11.1 Å². The third-order valence-electron chi connectivity index (χ3n) is 5.42. The molecule has 0 aliphatic carbocycles. The second-order valence-electron chi connectivity index (χ2n) is 7.73. The Morgan fingerprint density at radius 2 is 1.64 bits per heavy atom. The van der Waals surface area contributed by atoms with Gasteiger partial charge in [-0.25, -0.2) is 4.90 Å². The van der Waals surface area contributed by atoms with Gasteiger partial charge in [0.2, 0.25) is 5.13 Å². The molecule has 2 heterocycles. The van der Waals surface area contributed by atoms with Gasteiger partial charge in [-0.15, -0.1) is 10.2 Å². The maximum absolute atomic E-state index is 13.1. The molecule has 3 amide bonds. The van der Waals surface area contributed by atoms with Crippen molar-refractivity contribution in [2.75, 3.05) is 10.2 Å². The lowest BCUT2D eigenvalue weighted by Crippen LogP contribution is -2.30. The van der Waals surface area contributed by atoms with E-state index < -0.39 is 17.7 Å². The molecule has 0 atom stereocenters. The van der Waals surface area contributed by atoms with Gasteiger partial charge in [0.15, 0.2) is 0 Å². The predicted molar refractivity (Wildman–Crippen MR) is 127 cm³/mol. The SMILES string of the molecule is Cc1ccc(C)c(N2C(=O)c3ccc(C(=O)Nc4nnc(-c5ccccc5)s4)cc3C2=O)c1. The smallest absolute Gasteiger partial charge is 0.266 e. The summed E-state index contributed by atoms with van der Waals surface area (Å²) >= 11 is 1.25. The monoisotopic (exact) mass is 454 g/mol. The quantitative estimate of drug-likeness (QED) is 0.444. The van der Waals surface area contributed by atoms with Crippen LogP contribution in [0.1, 0.15) is 42.2 Å². The van der Waals surface area contributed by atoms with Crippen LogP contribution in [0.15, 0.2) is 66.7 Å². The highest BCUT2D eigenvalue weighted by Crippen LogP contribution is 2.32. The van der Waals surface area contributed by atoms with Crippen LogP contribution in [0.2, 0.25) is 0 Å². The van der Waals surface area contributed by atoms with Gasteiger partial charge in [-0.2, -0.15) is 0 Å². The number of fused-ring (bicyclic) bond motifs is 1. The maximum atomic E-state index is 13.1. The van der Waals surface area contributed by atoms with Gasteiger partial charge < -0.3 is 0 Å². The van der Waals surface area contributed by atoms with Crippen molar-refractivity contribution in [2.24, 2.45) is 0 Å². The molecule has 1 N–H and O–H groups in total. The number of hydrogen-bond acceptors (Lipinski definition) is 6. The zero-order chi connectivity index (χ0) is 23.1. The lowest BCUT2D eigenvalue weighted by molar-refractivity contribution is 0.0925. The fourth-order valence-electron chi connectivity index (χ4n) is 3.70. The van der Waals surface area contributed by atoms with Crippen molar-refractivity contribution in [3.63, 3.8) is 0 Å². The van der Waals surface area contributed by atoms with E-state index in [-0.39, 0.29) is 16.7 Å². The molecule has 0 radical (unpaired) electrons. The number of carbonyl (C=O) groups excluding carboxylic acids is 3. The highest BCUT2D eigenvalue weighted by atomic mass is 32.1. The number of imide groups is 1. The number of aromatic nitrogens is 2. The topological polar surface area (TPSA) is 92.3 Å². The van der Waals surface area contributed by atoms with Gasteiger partial charge in [0.25, 0.3) is 17.7 Å². The molecule has 8 heteroatoms. The molecule has 4 aromatic rings. The first-order valence-electron chi connectivity index (χ1n) is 10.2. The molecule has 1 aliphatic heterocycles. The van der Waals surface area contributed by atoms with Gasteiger partial charge in [0.1, 0.15) is 5.01 Å². The van der Waals surface area contributed by atoms with Crippen LogP contribution in [0.3, 0.4) is 0 Å². The number of nitrogens with one attached hydrogen (secondary N) is 1. The van der Waals surface area contributed by atoms with E-state index >= 15 is 0 Å². The van der Waals surface area contributed by atoms with Crippen LogP contribution in [-0.2, 0) is 0 Å². The third kappa shape index (κ3) is 3.70. The van der Waals surface area contributed by atoms with Crippen molar-refractivity contribution in [1.29, 1.82) is 0 Å². The number of nitrogens with zero attached hydrogens (tertiary/aromatic N) is 3. The molecule has 1 aliphatic rings. The Labute approximate surface area is 193 Å². The van der Waals surface area contributed by atoms with Crippen LogP contribution in [0, 0.1) is 13.8 Å². The molecular weight excluding hydrogens is 436 g/mol. The normalized spacial score (nSPS) is 12.7. The summed E-state index contributed by atoms with van der Waals surface area (Å²) < 4.78 is 0. The minimum absolute atomic E-state index is 0.204. The summed E-state index contributed by atoms with van der Waals surface area (Å²) in [7, 11) is 0. The number of amides is 3. The molecule has 0 unspecified atom stereocenters. The molecule has 1 aromatic heterocycles. The number of benzene rings is 3. The molecule has 0 saturated carbocycles. The summed E-state index contributed by atoms with van der Waals surface area (Å²) in [5.74, 6) is -1.27. The van der Waals surface area contributed by atoms with Crippen molar-refractivity contribution in [3.8, 4) is 10.6 Å². The van der Waals surface area contributed by atoms with Crippen molar-refractivity contribution in [2.45, 2.75) is 13.8 Å². The molecule has 0 saturated heterocycles. The van der Waals surface area contributed by atoms with Gasteiger partial charge >= 0.3 is 0 Å². The van der Waals surface area contributed by atoms with Crippen LogP contribution >= 0.6 is 11.3 Å². The Kier molecular flexibility index (Phi) is 5.07. The summed E-state index contributed by atoms with van der Waals surface area (Å²) in [5, 5.41) is 11.9. The Morgan fingerprint density at radius 3 is 2.42 bits per heavy atom. The van der Waals surface area contributed by atoms with Crippen molar-refractivity contribution in [1.82, 2.24) is 10.2 Å². The van der Waals surface area contributed by atoms with E-state index in [0.29, 0.717) is 15.8 Å². The number of hydrogen-bond donors (Lipinski definition) is 1. The van der Waals surface area contributed by atoms with Crippen molar-refractivity contribution in [3.05, 3.63) is 94.5 Å². The molecule has 0 fully saturated rings. The molecule has 0 bridgehead atoms. The first kappa shape index (κ1) is 20.7. The molecule has 3 aromatic carbocycles. The molecule has 7 nitrogen and oxygen atoms in total. The number of carbonyl (C=O) groups is 3. The van der Waals surface area contributed by atoms with Crippen LogP contribution in [0.4, 0.5) is 10.8 Å². The fraction of sp³-hybridized carbons (Fsp3) is 0.0800. The van der Waals surface area contributed by atoms with Crippen LogP contribution in [0.5, 0.6) is 0 Å². The van der Waals surface area contributed by atoms with Gasteiger partial charge in [-0.1, -0.05) is 53.8 Å². The number of anilines is 2. The first-order chi connectivity index (χ1) is 15.9. The minimum atomic E-state index is -0.444. The third-order valence-corrected chi connectivity index (χ3v) is 6.31. The van der Waals surface area contributed by atoms with Gasteiger partial charge in [-0.05, 0) is 49.2 Å². The second-order valence-corrected chi connectivity index (χ2v) is 8.71. The fourth-order valence-corrected chi connectivity index (χ4v) is 4.45. The number of aryl methyl sites for hydroxylation is 2. The zero-order valence-corrected chi connectivity index (χ0v) is 18.6. The average molecular weight is 455 g/mol. The Bertz CT molecular complexity index is 1430. The molecule has 0 spiro atoms. The molecule has 33 heavy (non-hydrogen) atoms. The Hall–Kier alpha value is -4.17. The average Bonchev–Trinajstić information content (AvgIpc) is 3.38. The van der Waals surface area contributed by atoms with E-state index in [1.165, 1.54) is 34.4 Å². The van der Waals surface area contributed by atoms with Crippen molar-refractivity contribution >= 4 is 39.9 Å². The van der Waals surface area contributed by atoms with E-state index in [4.69, 9.17) is 0 Å². The summed E-state index contributed by atoms with van der Waals surface area (Å²) in [5.41, 5.74) is 3.96. The highest BCUT2D eigenvalue weighted by Gasteiger charge is 2.37. The van der Waals surface area contributed by atoms with Gasteiger partial charge in [-0.3, -0.25) is 19.7 Å². The molecule has 162 valence electrons. The van der Waals surface area contributed by atoms with E-state index in [9.17, 15) is 14.4 Å². The van der Waals surface area contributed by atoms with E-state index in [1.807, 2.05) is 62.4 Å². The molecule has 5 rings (SSSR count). The summed E-state index contributed by atoms with van der Waals surface area (Å²) in [4.78, 5) is 40.1. The minimum Gasteiger partial charge on any atom is -0.296 e. The Balaban J connectivity index is 1.40. The lowest BCUT2D eigenvalue weighted by Gasteiger charge is -2.17. The predicted octanol–water partition coefficient (Wildman–Crippen LogP) is 4.87. The van der Waals surface area contributed by atoms with Crippen molar-refractivity contribution < 1.29 is 14.4 Å². The molecular formula is C25H18N4O3S. The summed E-state index contributed by atoms with van der Waals surface area (Å²) in [6.07, 6.45) is 0. The summed E-state index contributed by atoms with van der Waals surface area (Å²) in [6, 6.07) is 19.7. The standard InChI is InChI=1S/C25H18N4O3S/c1-14-8-9-15(2)20(12-14)29-23(31)18-11-10-17(13-19(18)24(29)32)21(30)26-25-28-27-22(33-25)16-6-4-3-5-7-16/h3-13H,1-2H3,(H,26,28,30). The lowest BCUT2D eigenvalue weighted by atomic mass is 10.1. The van der Waals surface area contributed by atoms with Crippen LogP contribution in [-0.4, -0.2) is 27.9 Å². The first-order valence-corrected chi connectivity index (χ1v) is 11.0. The van der Waals surface area contributed by atoms with E-state index in [1.54, 1.807) is 0 Å². The number of rotatable bonds is 4. The highest BCUT2D eigenvalue weighted by molar-refractivity contribution is 7.18. The largest absolute Gasteiger partial charge is 0.296 e. The van der Waals surface area contributed by atoms with Crippen LogP contribution in [0.25, 0.3) is 10.6 Å².